The smallest absolute Gasteiger partial charge is 0.295 e. The van der Waals surface area contributed by atoms with E-state index in [1.807, 2.05) is 24.4 Å². The Hall–Kier alpha value is -3.45. The predicted octanol–water partition coefficient (Wildman–Crippen LogP) is 6.80. The number of aliphatic hydroxyl groups is 1. The first-order valence-corrected chi connectivity index (χ1v) is 12.5. The Bertz CT molecular complexity index is 1560. The molecule has 1 saturated heterocycles. The van der Waals surface area contributed by atoms with Crippen LogP contribution in [0.15, 0.2) is 72.4 Å². The molecular formula is C28H21Cl3N2O4. The first-order chi connectivity index (χ1) is 17.8. The zero-order valence-corrected chi connectivity index (χ0v) is 21.9. The van der Waals surface area contributed by atoms with Crippen molar-refractivity contribution in [2.45, 2.75) is 12.5 Å². The van der Waals surface area contributed by atoms with Crippen molar-refractivity contribution in [2.75, 3.05) is 13.7 Å². The van der Waals surface area contributed by atoms with Crippen LogP contribution >= 0.6 is 34.8 Å². The number of amides is 1. The Morgan fingerprint density at radius 1 is 1.00 bits per heavy atom. The van der Waals surface area contributed by atoms with Crippen molar-refractivity contribution in [3.8, 4) is 5.75 Å². The van der Waals surface area contributed by atoms with Crippen LogP contribution in [0, 0.1) is 0 Å². The molecule has 2 heterocycles. The van der Waals surface area contributed by atoms with Crippen molar-refractivity contribution in [3.05, 3.63) is 104 Å². The highest BCUT2D eigenvalue weighted by atomic mass is 35.5. The number of H-pyrrole nitrogens is 1. The summed E-state index contributed by atoms with van der Waals surface area (Å²) in [6.45, 7) is 0.204. The minimum Gasteiger partial charge on any atom is -0.507 e. The van der Waals surface area contributed by atoms with Gasteiger partial charge in [-0.25, -0.2) is 0 Å². The fourth-order valence-corrected chi connectivity index (χ4v) is 5.29. The van der Waals surface area contributed by atoms with E-state index in [9.17, 15) is 14.7 Å². The van der Waals surface area contributed by atoms with Crippen LogP contribution in [0.1, 0.15) is 22.7 Å². The van der Waals surface area contributed by atoms with E-state index in [1.54, 1.807) is 49.6 Å². The van der Waals surface area contributed by atoms with Gasteiger partial charge in [-0.2, -0.15) is 0 Å². The molecular weight excluding hydrogens is 535 g/mol. The van der Waals surface area contributed by atoms with Gasteiger partial charge in [0, 0.05) is 44.3 Å². The average Bonchev–Trinajstić information content (AvgIpc) is 3.40. The predicted molar refractivity (Wildman–Crippen MR) is 145 cm³/mol. The number of aliphatic hydroxyl groups excluding tert-OH is 1. The molecule has 1 atom stereocenters. The fourth-order valence-electron chi connectivity index (χ4n) is 4.65. The van der Waals surface area contributed by atoms with E-state index in [2.05, 4.69) is 4.98 Å². The van der Waals surface area contributed by atoms with Crippen molar-refractivity contribution in [3.63, 3.8) is 0 Å². The summed E-state index contributed by atoms with van der Waals surface area (Å²) >= 11 is 18.7. The number of hydrogen-bond acceptors (Lipinski definition) is 4. The molecule has 0 aliphatic carbocycles. The number of fused-ring (bicyclic) bond motifs is 1. The number of nitrogens with zero attached hydrogens (tertiary/aromatic N) is 1. The summed E-state index contributed by atoms with van der Waals surface area (Å²) in [5.41, 5.74) is 2.69. The average molecular weight is 556 g/mol. The third-order valence-corrected chi connectivity index (χ3v) is 7.33. The van der Waals surface area contributed by atoms with Gasteiger partial charge in [-0.3, -0.25) is 9.59 Å². The molecule has 188 valence electrons. The Kier molecular flexibility index (Phi) is 6.90. The van der Waals surface area contributed by atoms with Crippen molar-refractivity contribution in [1.29, 1.82) is 0 Å². The largest absolute Gasteiger partial charge is 0.507 e. The normalized spacial score (nSPS) is 17.1. The number of carbonyl (C=O) groups excluding carboxylic acids is 2. The molecule has 1 aromatic heterocycles. The minimum absolute atomic E-state index is 0.0443. The van der Waals surface area contributed by atoms with Gasteiger partial charge in [-0.1, -0.05) is 40.9 Å². The van der Waals surface area contributed by atoms with E-state index in [0.717, 1.165) is 16.5 Å². The van der Waals surface area contributed by atoms with Crippen LogP contribution in [-0.2, 0) is 16.0 Å². The van der Waals surface area contributed by atoms with E-state index in [1.165, 1.54) is 4.90 Å². The molecule has 0 radical (unpaired) electrons. The molecule has 4 aromatic rings. The molecule has 2 N–H and O–H groups in total. The summed E-state index contributed by atoms with van der Waals surface area (Å²) in [5, 5.41) is 13.3. The number of nitrogens with one attached hydrogen (secondary N) is 1. The molecule has 0 bridgehead atoms. The van der Waals surface area contributed by atoms with Gasteiger partial charge in [0.2, 0.25) is 0 Å². The maximum atomic E-state index is 13.3. The molecule has 9 heteroatoms. The van der Waals surface area contributed by atoms with Gasteiger partial charge >= 0.3 is 0 Å². The molecule has 0 saturated carbocycles. The van der Waals surface area contributed by atoms with Crippen LogP contribution in [0.3, 0.4) is 0 Å². The van der Waals surface area contributed by atoms with Gasteiger partial charge in [0.25, 0.3) is 11.7 Å². The number of ketones is 1. The van der Waals surface area contributed by atoms with E-state index < -0.39 is 17.7 Å². The number of benzene rings is 3. The lowest BCUT2D eigenvalue weighted by molar-refractivity contribution is -0.139. The molecule has 0 spiro atoms. The summed E-state index contributed by atoms with van der Waals surface area (Å²) in [6, 6.07) is 16.0. The van der Waals surface area contributed by atoms with E-state index in [4.69, 9.17) is 39.5 Å². The van der Waals surface area contributed by atoms with Crippen molar-refractivity contribution < 1.29 is 19.4 Å². The number of aromatic nitrogens is 1. The Labute approximate surface area is 228 Å². The third kappa shape index (κ3) is 4.68. The molecule has 5 rings (SSSR count). The number of halogens is 3. The number of likely N-dealkylation sites (tertiary alicyclic amines) is 1. The number of carbonyl (C=O) groups is 2. The minimum atomic E-state index is -0.903. The van der Waals surface area contributed by atoms with Crippen LogP contribution in [0.2, 0.25) is 15.1 Å². The second-order valence-corrected chi connectivity index (χ2v) is 9.92. The maximum absolute atomic E-state index is 13.3. The van der Waals surface area contributed by atoms with Gasteiger partial charge in [0.05, 0.1) is 18.7 Å². The van der Waals surface area contributed by atoms with Gasteiger partial charge in [-0.05, 0) is 72.1 Å². The Morgan fingerprint density at radius 2 is 1.73 bits per heavy atom. The summed E-state index contributed by atoms with van der Waals surface area (Å²) < 4.78 is 5.35. The van der Waals surface area contributed by atoms with E-state index >= 15 is 0 Å². The second-order valence-electron chi connectivity index (χ2n) is 8.64. The molecule has 37 heavy (non-hydrogen) atoms. The van der Waals surface area contributed by atoms with Crippen LogP contribution < -0.4 is 4.74 Å². The topological polar surface area (TPSA) is 82.6 Å². The number of Topliss-reactive ketones (excluding diaryl/α,β-unsaturated/α-hetero) is 1. The monoisotopic (exact) mass is 554 g/mol. The molecule has 1 aliphatic heterocycles. The first-order valence-electron chi connectivity index (χ1n) is 11.4. The molecule has 1 amide bonds. The lowest BCUT2D eigenvalue weighted by Crippen LogP contribution is -2.31. The Morgan fingerprint density at radius 3 is 2.43 bits per heavy atom. The zero-order valence-electron chi connectivity index (χ0n) is 19.6. The van der Waals surface area contributed by atoms with Crippen LogP contribution in [0.4, 0.5) is 0 Å². The van der Waals surface area contributed by atoms with Gasteiger partial charge in [0.15, 0.2) is 0 Å². The number of ether oxygens (including phenoxy) is 1. The lowest BCUT2D eigenvalue weighted by atomic mass is 9.95. The second kappa shape index (κ2) is 10.1. The molecule has 1 unspecified atom stereocenters. The molecule has 6 nitrogen and oxygen atoms in total. The standard InChI is InChI=1S/C28H21Cl3N2O4/c1-37-19-7-9-23-21(13-19)16(14-32-23)10-11-33-25(20-8-6-18(30)12-22(20)31)24(27(35)28(33)36)26(34)15-2-4-17(29)5-3-15/h2-9,12-14,25,32,34H,10-11H2,1H3/b26-24-. The zero-order chi connectivity index (χ0) is 26.3. The number of rotatable bonds is 6. The molecule has 3 aromatic carbocycles. The summed E-state index contributed by atoms with van der Waals surface area (Å²) in [4.78, 5) is 31.3. The van der Waals surface area contributed by atoms with Gasteiger partial charge < -0.3 is 19.7 Å². The van der Waals surface area contributed by atoms with Crippen LogP contribution in [0.25, 0.3) is 16.7 Å². The van der Waals surface area contributed by atoms with Gasteiger partial charge in [-0.15, -0.1) is 0 Å². The third-order valence-electron chi connectivity index (χ3n) is 6.51. The molecule has 1 fully saturated rings. The molecule has 1 aliphatic rings. The SMILES string of the molecule is COc1ccc2[nH]cc(CCN3C(=O)C(=O)/C(=C(\O)c4ccc(Cl)cc4)C3c3ccc(Cl)cc3Cl)c2c1. The summed E-state index contributed by atoms with van der Waals surface area (Å²) in [5.74, 6) is -1.09. The number of methoxy groups -OCH3 is 1. The highest BCUT2D eigenvalue weighted by Crippen LogP contribution is 2.42. The van der Waals surface area contributed by atoms with Crippen molar-refractivity contribution in [1.82, 2.24) is 9.88 Å². The number of hydrogen-bond donors (Lipinski definition) is 2. The fraction of sp³-hybridized carbons (Fsp3) is 0.143. The van der Waals surface area contributed by atoms with E-state index in [-0.39, 0.29) is 22.9 Å². The van der Waals surface area contributed by atoms with Gasteiger partial charge in [0.1, 0.15) is 11.5 Å². The maximum Gasteiger partial charge on any atom is 0.295 e. The quantitative estimate of drug-likeness (QED) is 0.156. The summed E-state index contributed by atoms with van der Waals surface area (Å²) in [7, 11) is 1.60. The first kappa shape index (κ1) is 25.2. The highest BCUT2D eigenvalue weighted by Gasteiger charge is 2.46. The lowest BCUT2D eigenvalue weighted by Gasteiger charge is -2.26. The summed E-state index contributed by atoms with van der Waals surface area (Å²) in [6.07, 6.45) is 2.32. The highest BCUT2D eigenvalue weighted by molar-refractivity contribution is 6.47. The van der Waals surface area contributed by atoms with E-state index in [0.29, 0.717) is 33.3 Å². The van der Waals surface area contributed by atoms with Crippen LogP contribution in [0.5, 0.6) is 5.75 Å². The van der Waals surface area contributed by atoms with Crippen LogP contribution in [-0.4, -0.2) is 40.3 Å². The number of aromatic amines is 1. The Balaban J connectivity index is 1.58. The van der Waals surface area contributed by atoms with Crippen molar-refractivity contribution >= 4 is 63.2 Å². The van der Waals surface area contributed by atoms with Crippen molar-refractivity contribution in [2.24, 2.45) is 0 Å².